The molecule has 0 bridgehead atoms. The van der Waals surface area contributed by atoms with Crippen LogP contribution in [0.3, 0.4) is 0 Å². The van der Waals surface area contributed by atoms with Crippen molar-refractivity contribution in [3.05, 3.63) is 28.8 Å². The van der Waals surface area contributed by atoms with E-state index in [9.17, 15) is 14.9 Å². The van der Waals surface area contributed by atoms with Crippen molar-refractivity contribution in [1.29, 1.82) is 5.26 Å². The second-order valence-electron chi connectivity index (χ2n) is 8.44. The zero-order valence-electron chi connectivity index (χ0n) is 17.9. The first-order chi connectivity index (χ1) is 13.7. The molecule has 7 nitrogen and oxygen atoms in total. The molecule has 1 aliphatic heterocycles. The maximum atomic E-state index is 12.3. The summed E-state index contributed by atoms with van der Waals surface area (Å²) in [6.45, 7) is 8.43. The molecule has 0 aliphatic carbocycles. The number of hydrogen-bond donors (Lipinski definition) is 0. The standard InChI is InChI=1S/C21H30N2O5Si/c1-26-18-13-16(12-17(14-22)19(18)20(24)27-2)15-6-8-23(9-7-15)21(25)28-10-11-29(3,4)5/h12-13,15H,6-11H2,1-5H3. The third kappa shape index (κ3) is 5.97. The Morgan fingerprint density at radius 2 is 1.86 bits per heavy atom. The second-order valence-corrected chi connectivity index (χ2v) is 14.1. The molecule has 0 aromatic heterocycles. The summed E-state index contributed by atoms with van der Waals surface area (Å²) in [5.74, 6) is -0.0892. The summed E-state index contributed by atoms with van der Waals surface area (Å²) >= 11 is 0. The largest absolute Gasteiger partial charge is 0.496 e. The number of nitriles is 1. The van der Waals surface area contributed by atoms with E-state index in [1.165, 1.54) is 14.2 Å². The van der Waals surface area contributed by atoms with Gasteiger partial charge in [0.1, 0.15) is 17.4 Å². The maximum Gasteiger partial charge on any atom is 0.409 e. The smallest absolute Gasteiger partial charge is 0.409 e. The highest BCUT2D eigenvalue weighted by atomic mass is 28.3. The van der Waals surface area contributed by atoms with Gasteiger partial charge in [-0.2, -0.15) is 5.26 Å². The predicted molar refractivity (Wildman–Crippen MR) is 112 cm³/mol. The second kappa shape index (κ2) is 9.79. The number of benzene rings is 1. The number of piperidine rings is 1. The fraction of sp³-hybridized carbons (Fsp3) is 0.571. The van der Waals surface area contributed by atoms with Crippen molar-refractivity contribution in [3.63, 3.8) is 0 Å². The van der Waals surface area contributed by atoms with E-state index in [-0.39, 0.29) is 23.1 Å². The van der Waals surface area contributed by atoms with Crippen LogP contribution >= 0.6 is 0 Å². The van der Waals surface area contributed by atoms with Gasteiger partial charge in [-0.3, -0.25) is 0 Å². The molecule has 1 aromatic carbocycles. The van der Waals surface area contributed by atoms with E-state index in [4.69, 9.17) is 14.2 Å². The Balaban J connectivity index is 2.05. The van der Waals surface area contributed by atoms with Crippen LogP contribution in [-0.4, -0.2) is 59.0 Å². The number of likely N-dealkylation sites (tertiary alicyclic amines) is 1. The molecular formula is C21H30N2O5Si. The average Bonchev–Trinajstić information content (AvgIpc) is 2.71. The van der Waals surface area contributed by atoms with Crippen molar-refractivity contribution in [2.45, 2.75) is 44.4 Å². The summed E-state index contributed by atoms with van der Waals surface area (Å²) in [5.41, 5.74) is 1.31. The summed E-state index contributed by atoms with van der Waals surface area (Å²) in [6, 6.07) is 6.54. The first-order valence-corrected chi connectivity index (χ1v) is 13.5. The van der Waals surface area contributed by atoms with Crippen LogP contribution in [0.5, 0.6) is 5.75 Å². The van der Waals surface area contributed by atoms with Gasteiger partial charge in [0.25, 0.3) is 0 Å². The van der Waals surface area contributed by atoms with E-state index in [0.29, 0.717) is 25.4 Å². The van der Waals surface area contributed by atoms with Crippen LogP contribution in [0.15, 0.2) is 12.1 Å². The monoisotopic (exact) mass is 418 g/mol. The molecule has 29 heavy (non-hydrogen) atoms. The molecule has 1 aliphatic rings. The molecule has 1 fully saturated rings. The summed E-state index contributed by atoms with van der Waals surface area (Å²) in [5, 5.41) is 9.48. The highest BCUT2D eigenvalue weighted by molar-refractivity contribution is 6.76. The van der Waals surface area contributed by atoms with Gasteiger partial charge in [-0.25, -0.2) is 9.59 Å². The van der Waals surface area contributed by atoms with Gasteiger partial charge in [0.2, 0.25) is 0 Å². The van der Waals surface area contributed by atoms with E-state index in [1.807, 2.05) is 0 Å². The Morgan fingerprint density at radius 3 is 2.38 bits per heavy atom. The molecule has 0 saturated carbocycles. The minimum atomic E-state index is -1.23. The average molecular weight is 419 g/mol. The highest BCUT2D eigenvalue weighted by Gasteiger charge is 2.28. The first kappa shape index (κ1) is 22.8. The lowest BCUT2D eigenvalue weighted by molar-refractivity contribution is 0.0596. The molecule has 0 unspecified atom stereocenters. The van der Waals surface area contributed by atoms with Crippen molar-refractivity contribution in [3.8, 4) is 11.8 Å². The van der Waals surface area contributed by atoms with Crippen LogP contribution in [0.4, 0.5) is 4.79 Å². The number of nitrogens with zero attached hydrogens (tertiary/aromatic N) is 2. The number of carbonyl (C=O) groups is 2. The summed E-state index contributed by atoms with van der Waals surface area (Å²) in [7, 11) is 1.51. The predicted octanol–water partition coefficient (Wildman–Crippen LogP) is 4.01. The zero-order valence-corrected chi connectivity index (χ0v) is 18.9. The molecule has 1 heterocycles. The minimum absolute atomic E-state index is 0.143. The van der Waals surface area contributed by atoms with Crippen LogP contribution in [0, 0.1) is 11.3 Å². The molecule has 0 N–H and O–H groups in total. The molecule has 158 valence electrons. The number of ether oxygens (including phenoxy) is 3. The summed E-state index contributed by atoms with van der Waals surface area (Å²) in [6.07, 6.45) is 1.27. The Labute approximate surface area is 173 Å². The van der Waals surface area contributed by atoms with E-state index in [0.717, 1.165) is 24.4 Å². The third-order valence-corrected chi connectivity index (χ3v) is 6.86. The normalized spacial score (nSPS) is 14.8. The molecular weight excluding hydrogens is 388 g/mol. The number of hydrogen-bond acceptors (Lipinski definition) is 6. The summed E-state index contributed by atoms with van der Waals surface area (Å²) in [4.78, 5) is 26.0. The first-order valence-electron chi connectivity index (χ1n) is 9.82. The third-order valence-electron chi connectivity index (χ3n) is 5.16. The lowest BCUT2D eigenvalue weighted by Gasteiger charge is -2.32. The highest BCUT2D eigenvalue weighted by Crippen LogP contribution is 2.34. The van der Waals surface area contributed by atoms with Gasteiger partial charge >= 0.3 is 12.1 Å². The molecule has 0 atom stereocenters. The lowest BCUT2D eigenvalue weighted by atomic mass is 9.87. The molecule has 0 radical (unpaired) electrons. The SMILES string of the molecule is COC(=O)c1c(C#N)cc(C2CCN(C(=O)OCC[Si](C)(C)C)CC2)cc1OC. The molecule has 2 rings (SSSR count). The van der Waals surface area contributed by atoms with Gasteiger partial charge in [-0.15, -0.1) is 0 Å². The molecule has 1 aromatic rings. The van der Waals surface area contributed by atoms with Crippen molar-refractivity contribution >= 4 is 20.1 Å². The van der Waals surface area contributed by atoms with Gasteiger partial charge in [-0.05, 0) is 42.5 Å². The van der Waals surface area contributed by atoms with Crippen molar-refractivity contribution in [2.24, 2.45) is 0 Å². The maximum absolute atomic E-state index is 12.3. The van der Waals surface area contributed by atoms with Crippen LogP contribution in [0.2, 0.25) is 25.7 Å². The van der Waals surface area contributed by atoms with Crippen molar-refractivity contribution in [2.75, 3.05) is 33.9 Å². The van der Waals surface area contributed by atoms with Gasteiger partial charge in [0.15, 0.2) is 0 Å². The van der Waals surface area contributed by atoms with Crippen molar-refractivity contribution in [1.82, 2.24) is 4.90 Å². The van der Waals surface area contributed by atoms with Crippen molar-refractivity contribution < 1.29 is 23.8 Å². The lowest BCUT2D eigenvalue weighted by Crippen LogP contribution is -2.38. The Hall–Kier alpha value is -2.53. The van der Waals surface area contributed by atoms with E-state index < -0.39 is 14.0 Å². The Kier molecular flexibility index (Phi) is 7.68. The molecule has 8 heteroatoms. The number of esters is 1. The fourth-order valence-corrected chi connectivity index (χ4v) is 4.08. The van der Waals surface area contributed by atoms with Crippen LogP contribution in [0.25, 0.3) is 0 Å². The summed E-state index contributed by atoms with van der Waals surface area (Å²) < 4.78 is 15.5. The number of rotatable bonds is 6. The van der Waals surface area contributed by atoms with Crippen LogP contribution in [-0.2, 0) is 9.47 Å². The fourth-order valence-electron chi connectivity index (χ4n) is 3.37. The number of carbonyl (C=O) groups excluding carboxylic acids is 2. The molecule has 1 saturated heterocycles. The van der Waals surface area contributed by atoms with Crippen LogP contribution in [0.1, 0.15) is 40.2 Å². The van der Waals surface area contributed by atoms with Crippen LogP contribution < -0.4 is 4.74 Å². The molecule has 0 spiro atoms. The zero-order chi connectivity index (χ0) is 21.6. The Morgan fingerprint density at radius 1 is 1.21 bits per heavy atom. The topological polar surface area (TPSA) is 88.9 Å². The van der Waals surface area contributed by atoms with Gasteiger partial charge in [0, 0.05) is 21.2 Å². The van der Waals surface area contributed by atoms with Gasteiger partial charge in [-0.1, -0.05) is 19.6 Å². The minimum Gasteiger partial charge on any atom is -0.496 e. The van der Waals surface area contributed by atoms with Gasteiger partial charge < -0.3 is 19.1 Å². The number of methoxy groups -OCH3 is 2. The van der Waals surface area contributed by atoms with E-state index in [1.54, 1.807) is 17.0 Å². The van der Waals surface area contributed by atoms with E-state index in [2.05, 4.69) is 25.7 Å². The van der Waals surface area contributed by atoms with Gasteiger partial charge in [0.05, 0.1) is 26.4 Å². The molecule has 1 amide bonds. The van der Waals surface area contributed by atoms with E-state index >= 15 is 0 Å². The number of amides is 1. The quantitative estimate of drug-likeness (QED) is 0.512. The Bertz CT molecular complexity index is 789.